The Kier molecular flexibility index (Phi) is 6.96. The number of carbonyl (C=O) groups is 3. The van der Waals surface area contributed by atoms with Crippen LogP contribution in [0.1, 0.15) is 23.4 Å². The molecule has 0 bridgehead atoms. The molecule has 1 aromatic rings. The molecular weight excluding hydrogens is 280 g/mol. The topological polar surface area (TPSA) is 118 Å². The van der Waals surface area contributed by atoms with Gasteiger partial charge in [0.05, 0.1) is 19.9 Å². The van der Waals surface area contributed by atoms with Crippen LogP contribution in [0.2, 0.25) is 0 Å². The third-order valence-electron chi connectivity index (χ3n) is 2.58. The molecule has 0 spiro atoms. The molecule has 3 N–H and O–H groups in total. The molecule has 0 aliphatic rings. The van der Waals surface area contributed by atoms with Crippen LogP contribution in [0.4, 0.5) is 0 Å². The number of esters is 1. The van der Waals surface area contributed by atoms with Gasteiger partial charge < -0.3 is 24.9 Å². The number of carbonyl (C=O) groups excluding carboxylic acids is 3. The van der Waals surface area contributed by atoms with Gasteiger partial charge in [0.1, 0.15) is 0 Å². The Morgan fingerprint density at radius 2 is 2.14 bits per heavy atom. The summed E-state index contributed by atoms with van der Waals surface area (Å²) in [5.41, 5.74) is 0. The minimum Gasteiger partial charge on any atom is -0.467 e. The fraction of sp³-hybridized carbons (Fsp3) is 0.462. The van der Waals surface area contributed by atoms with E-state index in [2.05, 4.69) is 15.4 Å². The fourth-order valence-electron chi connectivity index (χ4n) is 1.46. The zero-order valence-electron chi connectivity index (χ0n) is 11.6. The summed E-state index contributed by atoms with van der Waals surface area (Å²) in [6.45, 7) is 0.108. The first-order chi connectivity index (χ1) is 10.0. The van der Waals surface area contributed by atoms with Crippen molar-refractivity contribution in [1.29, 1.82) is 0 Å². The lowest BCUT2D eigenvalue weighted by Crippen LogP contribution is -2.37. The van der Waals surface area contributed by atoms with Gasteiger partial charge >= 0.3 is 5.97 Å². The normalized spacial score (nSPS) is 11.5. The number of nitrogens with one attached hydrogen (secondary N) is 2. The monoisotopic (exact) mass is 298 g/mol. The second-order valence-corrected chi connectivity index (χ2v) is 4.18. The Hall–Kier alpha value is -2.35. The van der Waals surface area contributed by atoms with Gasteiger partial charge in [-0.2, -0.15) is 0 Å². The number of aliphatic hydroxyl groups excluding tert-OH is 1. The standard InChI is InChI=1S/C13H18N2O6/c1-20-13(19)9(16)8-15-11(17)5-2-6-14-12(18)10-4-3-7-21-10/h3-4,7,9,16H,2,5-6,8H2,1H3,(H,14,18)(H,15,17). The number of amides is 2. The van der Waals surface area contributed by atoms with Crippen molar-refractivity contribution in [3.05, 3.63) is 24.2 Å². The average molecular weight is 298 g/mol. The molecule has 0 fully saturated rings. The van der Waals surface area contributed by atoms with Gasteiger partial charge in [0.15, 0.2) is 11.9 Å². The quantitative estimate of drug-likeness (QED) is 0.437. The number of ether oxygens (including phenoxy) is 1. The fourth-order valence-corrected chi connectivity index (χ4v) is 1.46. The molecule has 0 saturated carbocycles. The summed E-state index contributed by atoms with van der Waals surface area (Å²) in [6, 6.07) is 3.14. The molecule has 0 aliphatic carbocycles. The minimum atomic E-state index is -1.38. The maximum atomic E-state index is 11.5. The number of hydrogen-bond acceptors (Lipinski definition) is 6. The maximum absolute atomic E-state index is 11.5. The first-order valence-corrected chi connectivity index (χ1v) is 6.39. The largest absolute Gasteiger partial charge is 0.467 e. The van der Waals surface area contributed by atoms with Crippen molar-refractivity contribution in [1.82, 2.24) is 10.6 Å². The van der Waals surface area contributed by atoms with Crippen LogP contribution in [0.15, 0.2) is 22.8 Å². The molecule has 0 saturated heterocycles. The summed E-state index contributed by atoms with van der Waals surface area (Å²) in [7, 11) is 1.15. The van der Waals surface area contributed by atoms with Crippen LogP contribution >= 0.6 is 0 Å². The lowest BCUT2D eigenvalue weighted by atomic mass is 10.2. The van der Waals surface area contributed by atoms with E-state index in [4.69, 9.17) is 4.42 Å². The maximum Gasteiger partial charge on any atom is 0.336 e. The Labute approximate surface area is 121 Å². The second-order valence-electron chi connectivity index (χ2n) is 4.18. The SMILES string of the molecule is COC(=O)C(O)CNC(=O)CCCNC(=O)c1ccco1. The van der Waals surface area contributed by atoms with Crippen LogP contribution in [-0.4, -0.2) is 49.2 Å². The van der Waals surface area contributed by atoms with Crippen molar-refractivity contribution in [2.45, 2.75) is 18.9 Å². The third kappa shape index (κ3) is 6.09. The van der Waals surface area contributed by atoms with Crippen LogP contribution in [0.5, 0.6) is 0 Å². The molecule has 8 nitrogen and oxygen atoms in total. The highest BCUT2D eigenvalue weighted by molar-refractivity contribution is 5.91. The van der Waals surface area contributed by atoms with Gasteiger partial charge in [0.25, 0.3) is 5.91 Å². The number of aliphatic hydroxyl groups is 1. The van der Waals surface area contributed by atoms with Gasteiger partial charge in [-0.3, -0.25) is 9.59 Å². The van der Waals surface area contributed by atoms with E-state index < -0.39 is 12.1 Å². The molecule has 2 amide bonds. The molecule has 0 radical (unpaired) electrons. The molecule has 1 heterocycles. The number of methoxy groups -OCH3 is 1. The van der Waals surface area contributed by atoms with E-state index in [9.17, 15) is 19.5 Å². The van der Waals surface area contributed by atoms with Crippen molar-refractivity contribution >= 4 is 17.8 Å². The highest BCUT2D eigenvalue weighted by atomic mass is 16.5. The molecular formula is C13H18N2O6. The average Bonchev–Trinajstić information content (AvgIpc) is 3.02. The molecule has 0 aromatic carbocycles. The second kappa shape index (κ2) is 8.75. The smallest absolute Gasteiger partial charge is 0.336 e. The number of hydrogen-bond donors (Lipinski definition) is 3. The molecule has 116 valence electrons. The molecule has 1 atom stereocenters. The summed E-state index contributed by atoms with van der Waals surface area (Å²) < 4.78 is 9.22. The molecule has 21 heavy (non-hydrogen) atoms. The molecule has 0 aliphatic heterocycles. The van der Waals surface area contributed by atoms with E-state index in [0.717, 1.165) is 7.11 Å². The van der Waals surface area contributed by atoms with Crippen LogP contribution in [-0.2, 0) is 14.3 Å². The third-order valence-corrected chi connectivity index (χ3v) is 2.58. The van der Waals surface area contributed by atoms with Gasteiger partial charge in [-0.05, 0) is 18.6 Å². The van der Waals surface area contributed by atoms with Crippen molar-refractivity contribution < 1.29 is 28.6 Å². The molecule has 1 aromatic heterocycles. The first-order valence-electron chi connectivity index (χ1n) is 6.39. The van der Waals surface area contributed by atoms with Gasteiger partial charge in [0, 0.05) is 13.0 Å². The lowest BCUT2D eigenvalue weighted by molar-refractivity contribution is -0.150. The van der Waals surface area contributed by atoms with Crippen LogP contribution in [0.25, 0.3) is 0 Å². The van der Waals surface area contributed by atoms with E-state index in [1.807, 2.05) is 0 Å². The van der Waals surface area contributed by atoms with E-state index in [0.29, 0.717) is 13.0 Å². The van der Waals surface area contributed by atoms with Gasteiger partial charge in [-0.15, -0.1) is 0 Å². The summed E-state index contributed by atoms with van der Waals surface area (Å²) in [4.78, 5) is 33.8. The summed E-state index contributed by atoms with van der Waals surface area (Å²) >= 11 is 0. The summed E-state index contributed by atoms with van der Waals surface area (Å²) in [5, 5.41) is 14.2. The highest BCUT2D eigenvalue weighted by Gasteiger charge is 2.16. The van der Waals surface area contributed by atoms with Crippen LogP contribution in [0, 0.1) is 0 Å². The zero-order valence-corrected chi connectivity index (χ0v) is 11.6. The van der Waals surface area contributed by atoms with Gasteiger partial charge in [-0.25, -0.2) is 4.79 Å². The van der Waals surface area contributed by atoms with Crippen molar-refractivity contribution in [2.75, 3.05) is 20.2 Å². The lowest BCUT2D eigenvalue weighted by Gasteiger charge is -2.09. The predicted octanol–water partition coefficient (Wildman–Crippen LogP) is -0.560. The summed E-state index contributed by atoms with van der Waals surface area (Å²) in [5.74, 6) is -1.27. The minimum absolute atomic E-state index is 0.159. The Bertz CT molecular complexity index is 471. The van der Waals surface area contributed by atoms with E-state index in [1.54, 1.807) is 6.07 Å². The van der Waals surface area contributed by atoms with Gasteiger partial charge in [0.2, 0.25) is 5.91 Å². The summed E-state index contributed by atoms with van der Waals surface area (Å²) in [6.07, 6.45) is 0.603. The molecule has 1 unspecified atom stereocenters. The first kappa shape index (κ1) is 16.7. The van der Waals surface area contributed by atoms with Crippen LogP contribution in [0.3, 0.4) is 0 Å². The molecule has 1 rings (SSSR count). The van der Waals surface area contributed by atoms with E-state index in [1.165, 1.54) is 12.3 Å². The van der Waals surface area contributed by atoms with Crippen molar-refractivity contribution in [3.8, 4) is 0 Å². The Balaban J connectivity index is 2.11. The van der Waals surface area contributed by atoms with Crippen molar-refractivity contribution in [3.63, 3.8) is 0 Å². The Morgan fingerprint density at radius 3 is 2.76 bits per heavy atom. The van der Waals surface area contributed by atoms with Crippen molar-refractivity contribution in [2.24, 2.45) is 0 Å². The highest BCUT2D eigenvalue weighted by Crippen LogP contribution is 1.99. The van der Waals surface area contributed by atoms with E-state index in [-0.39, 0.29) is 30.5 Å². The molecule has 8 heteroatoms. The Morgan fingerprint density at radius 1 is 1.38 bits per heavy atom. The number of furan rings is 1. The van der Waals surface area contributed by atoms with E-state index >= 15 is 0 Å². The predicted molar refractivity (Wildman–Crippen MR) is 71.3 cm³/mol. The number of rotatable bonds is 8. The van der Waals surface area contributed by atoms with Gasteiger partial charge in [-0.1, -0.05) is 0 Å². The van der Waals surface area contributed by atoms with Crippen LogP contribution < -0.4 is 10.6 Å². The zero-order chi connectivity index (χ0) is 15.7.